The molecule has 0 aromatic carbocycles. The maximum Gasteiger partial charge on any atom is 0.361 e. The lowest BCUT2D eigenvalue weighted by atomic mass is 10.1. The zero-order valence-corrected chi connectivity index (χ0v) is 56.0. The van der Waals surface area contributed by atoms with Gasteiger partial charge in [0.15, 0.2) is 6.10 Å². The number of hydrogen-bond donors (Lipinski definition) is 1. The first-order chi connectivity index (χ1) is 43.6. The Labute approximate surface area is 542 Å². The maximum atomic E-state index is 12.9. The van der Waals surface area contributed by atoms with Crippen molar-refractivity contribution < 1.29 is 42.9 Å². The molecule has 0 aliphatic rings. The molecule has 492 valence electrons. The average Bonchev–Trinajstić information content (AvgIpc) is 3.64. The second-order valence-corrected chi connectivity index (χ2v) is 22.3. The van der Waals surface area contributed by atoms with Crippen LogP contribution in [0.3, 0.4) is 0 Å². The van der Waals surface area contributed by atoms with Crippen LogP contribution >= 0.6 is 0 Å². The number of carbonyl (C=O) groups excluding carboxylic acids is 2. The molecule has 0 saturated heterocycles. The van der Waals surface area contributed by atoms with Crippen LogP contribution in [0.2, 0.25) is 0 Å². The maximum absolute atomic E-state index is 12.9. The molecule has 2 atom stereocenters. The zero-order chi connectivity index (χ0) is 64.7. The molecule has 0 aromatic heterocycles. The van der Waals surface area contributed by atoms with Gasteiger partial charge in [0, 0.05) is 12.8 Å². The fourth-order valence-corrected chi connectivity index (χ4v) is 7.85. The summed E-state index contributed by atoms with van der Waals surface area (Å²) < 4.78 is 22.8. The Morgan fingerprint density at radius 2 is 0.607 bits per heavy atom. The number of rotatable bonds is 58. The van der Waals surface area contributed by atoms with Crippen LogP contribution < -0.4 is 0 Å². The highest BCUT2D eigenvalue weighted by Gasteiger charge is 2.25. The molecular weight excluding hydrogens is 1100 g/mol. The van der Waals surface area contributed by atoms with Crippen molar-refractivity contribution in [3.8, 4) is 0 Å². The summed E-state index contributed by atoms with van der Waals surface area (Å²) >= 11 is 0. The highest BCUT2D eigenvalue weighted by atomic mass is 16.7. The first kappa shape index (κ1) is 82.4. The molecule has 0 saturated carbocycles. The van der Waals surface area contributed by atoms with Crippen LogP contribution in [-0.2, 0) is 33.3 Å². The molecule has 0 heterocycles. The van der Waals surface area contributed by atoms with Crippen molar-refractivity contribution in [3.63, 3.8) is 0 Å². The summed E-state index contributed by atoms with van der Waals surface area (Å²) in [6, 6.07) is 0. The van der Waals surface area contributed by atoms with Gasteiger partial charge in [-0.1, -0.05) is 251 Å². The van der Waals surface area contributed by atoms with E-state index in [0.717, 1.165) is 154 Å². The van der Waals surface area contributed by atoms with E-state index >= 15 is 0 Å². The number of aliphatic carboxylic acids is 1. The topological polar surface area (TPSA) is 108 Å². The minimum absolute atomic E-state index is 0.159. The number of carboxylic acid groups (broad SMARTS) is 1. The molecule has 0 amide bonds. The standard InChI is InChI=1S/C80H119NO8/c1-6-8-10-12-14-16-18-20-22-24-26-28-30-32-33-34-35-36-37-38-39-40-41-42-43-44-45-47-49-51-53-55-57-59-61-63-65-67-69-71-78(83)89-76(75-88-80(79(84)85)86-73-72-81(3,4)5)74-87-77(82)70-68-66-64-62-60-58-56-54-52-50-48-46-31-29-27-25-23-21-19-17-15-13-11-9-7-2/h8-11,14-17,20-23,26-29,32-33,35-36,38-39,41-42,44-46,48-49,51-52,54-55,57-58,60-61,63,76,80H,6-7,12-13,18-19,24-25,30-31,34,37,40,43,47,50,53,56,59,62,64-75H2,1-5H3/p+1/b10-8-,11-9-,16-14-,17-15-,22-20-,23-21-,28-26-,29-27-,33-32-,36-35-,39-38-,42-41-,45-44-,48-46-,51-49-,54-52-,57-55-,60-58-,63-61-. The predicted octanol–water partition coefficient (Wildman–Crippen LogP) is 21.1. The molecule has 89 heavy (non-hydrogen) atoms. The van der Waals surface area contributed by atoms with Gasteiger partial charge in [0.05, 0.1) is 34.4 Å². The van der Waals surface area contributed by atoms with Gasteiger partial charge in [-0.2, -0.15) is 0 Å². The normalized spacial score (nSPS) is 14.2. The van der Waals surface area contributed by atoms with Crippen LogP contribution in [-0.4, -0.2) is 87.4 Å². The quantitative estimate of drug-likeness (QED) is 0.0211. The van der Waals surface area contributed by atoms with Gasteiger partial charge >= 0.3 is 17.9 Å². The number of carboxylic acids is 1. The number of carbonyl (C=O) groups is 3. The fraction of sp³-hybridized carbons (Fsp3) is 0.487. The summed E-state index contributed by atoms with van der Waals surface area (Å²) in [5.41, 5.74) is 0. The van der Waals surface area contributed by atoms with Crippen LogP contribution in [0.15, 0.2) is 231 Å². The number of ether oxygens (including phenoxy) is 4. The van der Waals surface area contributed by atoms with Gasteiger partial charge in [0.1, 0.15) is 13.2 Å². The molecule has 9 nitrogen and oxygen atoms in total. The average molecular weight is 1220 g/mol. The van der Waals surface area contributed by atoms with Gasteiger partial charge in [0.2, 0.25) is 0 Å². The number of likely N-dealkylation sites (N-methyl/N-ethyl adjacent to an activating group) is 1. The largest absolute Gasteiger partial charge is 0.477 e. The smallest absolute Gasteiger partial charge is 0.361 e. The molecule has 0 radical (unpaired) electrons. The highest BCUT2D eigenvalue weighted by Crippen LogP contribution is 2.11. The van der Waals surface area contributed by atoms with Crippen molar-refractivity contribution in [1.82, 2.24) is 0 Å². The second-order valence-electron chi connectivity index (χ2n) is 22.3. The third-order valence-corrected chi connectivity index (χ3v) is 12.9. The number of esters is 2. The van der Waals surface area contributed by atoms with Crippen LogP contribution in [0.5, 0.6) is 0 Å². The van der Waals surface area contributed by atoms with Crippen LogP contribution in [0, 0.1) is 0 Å². The summed E-state index contributed by atoms with van der Waals surface area (Å²) in [6.45, 7) is 4.51. The van der Waals surface area contributed by atoms with Crippen molar-refractivity contribution >= 4 is 17.9 Å². The minimum atomic E-state index is -1.55. The van der Waals surface area contributed by atoms with Crippen LogP contribution in [0.4, 0.5) is 0 Å². The van der Waals surface area contributed by atoms with Gasteiger partial charge in [-0.15, -0.1) is 0 Å². The highest BCUT2D eigenvalue weighted by molar-refractivity contribution is 5.71. The molecule has 0 fully saturated rings. The van der Waals surface area contributed by atoms with Crippen molar-refractivity contribution in [2.45, 2.75) is 206 Å². The van der Waals surface area contributed by atoms with Gasteiger partial charge in [-0.3, -0.25) is 9.59 Å². The Kier molecular flexibility index (Phi) is 62.3. The molecule has 0 aromatic rings. The second kappa shape index (κ2) is 67.3. The first-order valence-electron chi connectivity index (χ1n) is 33.5. The van der Waals surface area contributed by atoms with Crippen molar-refractivity contribution in [1.29, 1.82) is 0 Å². The van der Waals surface area contributed by atoms with E-state index < -0.39 is 30.3 Å². The van der Waals surface area contributed by atoms with E-state index in [2.05, 4.69) is 245 Å². The van der Waals surface area contributed by atoms with Gasteiger partial charge in [0.25, 0.3) is 6.29 Å². The van der Waals surface area contributed by atoms with Gasteiger partial charge in [-0.05, 0) is 161 Å². The SMILES string of the molecule is CC/C=C\C/C=C\C/C=C\C/C=C\C/C=C\C/C=C\C/C=C\C/C=C\C/C=C\C/C=C\C/C=C\C/C=C\CCCCC(=O)OC(COC(=O)CCCCC/C=C\C/C=C\C/C=C\C/C=C\C/C=C\C/C=C\C/C=C\CC)COC(OCC[N+](C)(C)C)C(=O)O. The predicted molar refractivity (Wildman–Crippen MR) is 381 cm³/mol. The van der Waals surface area contributed by atoms with Crippen LogP contribution in [0.1, 0.15) is 194 Å². The Hall–Kier alpha value is -6.65. The molecule has 1 N–H and O–H groups in total. The summed E-state index contributed by atoms with van der Waals surface area (Å²) in [7, 11) is 5.92. The van der Waals surface area contributed by atoms with E-state index in [9.17, 15) is 19.5 Å². The molecular formula is C80H120NO8+. The molecule has 0 spiro atoms. The Balaban J connectivity index is 4.39. The number of hydrogen-bond acceptors (Lipinski definition) is 7. The van der Waals surface area contributed by atoms with E-state index in [1.807, 2.05) is 21.1 Å². The first-order valence-corrected chi connectivity index (χ1v) is 33.5. The van der Waals surface area contributed by atoms with E-state index in [0.29, 0.717) is 23.9 Å². The zero-order valence-electron chi connectivity index (χ0n) is 56.0. The number of quaternary nitrogens is 1. The number of allylic oxidation sites excluding steroid dienone is 38. The van der Waals surface area contributed by atoms with E-state index in [1.165, 1.54) is 0 Å². The third-order valence-electron chi connectivity index (χ3n) is 12.9. The van der Waals surface area contributed by atoms with Crippen molar-refractivity contribution in [3.05, 3.63) is 231 Å². The van der Waals surface area contributed by atoms with E-state index in [-0.39, 0.29) is 32.7 Å². The molecule has 0 rings (SSSR count). The Bertz CT molecular complexity index is 2310. The lowest BCUT2D eigenvalue weighted by Gasteiger charge is -2.25. The fourth-order valence-electron chi connectivity index (χ4n) is 7.85. The molecule has 0 aliphatic carbocycles. The van der Waals surface area contributed by atoms with E-state index in [1.54, 1.807) is 0 Å². The number of nitrogens with zero attached hydrogens (tertiary/aromatic N) is 1. The molecule has 2 unspecified atom stereocenters. The van der Waals surface area contributed by atoms with Crippen molar-refractivity contribution in [2.75, 3.05) is 47.5 Å². The summed E-state index contributed by atoms with van der Waals surface area (Å²) in [6.07, 6.45) is 106. The molecule has 0 bridgehead atoms. The van der Waals surface area contributed by atoms with E-state index in [4.69, 9.17) is 18.9 Å². The Morgan fingerprint density at radius 3 is 0.899 bits per heavy atom. The molecule has 0 aliphatic heterocycles. The number of unbranched alkanes of at least 4 members (excludes halogenated alkanes) is 5. The van der Waals surface area contributed by atoms with Crippen molar-refractivity contribution in [2.24, 2.45) is 0 Å². The van der Waals surface area contributed by atoms with Crippen LogP contribution in [0.25, 0.3) is 0 Å². The van der Waals surface area contributed by atoms with Gasteiger partial charge < -0.3 is 28.5 Å². The summed E-state index contributed by atoms with van der Waals surface area (Å²) in [4.78, 5) is 37.5. The lowest BCUT2D eigenvalue weighted by molar-refractivity contribution is -0.870. The minimum Gasteiger partial charge on any atom is -0.477 e. The summed E-state index contributed by atoms with van der Waals surface area (Å²) in [5.74, 6) is -2.15. The third kappa shape index (κ3) is 68.7. The monoisotopic (exact) mass is 1220 g/mol. The summed E-state index contributed by atoms with van der Waals surface area (Å²) in [5, 5.41) is 9.73. The van der Waals surface area contributed by atoms with Gasteiger partial charge in [-0.25, -0.2) is 4.79 Å². The lowest BCUT2D eigenvalue weighted by Crippen LogP contribution is -2.40. The molecule has 9 heteroatoms. The Morgan fingerprint density at radius 1 is 0.337 bits per heavy atom.